The van der Waals surface area contributed by atoms with Crippen LogP contribution in [-0.2, 0) is 9.53 Å². The molecule has 1 fully saturated rings. The number of methoxy groups -OCH3 is 1. The van der Waals surface area contributed by atoms with E-state index in [-0.39, 0.29) is 12.0 Å². The van der Waals surface area contributed by atoms with Crippen LogP contribution in [0.4, 0.5) is 0 Å². The summed E-state index contributed by atoms with van der Waals surface area (Å²) >= 11 is 3.61. The van der Waals surface area contributed by atoms with Gasteiger partial charge in [-0.3, -0.25) is 4.79 Å². The van der Waals surface area contributed by atoms with Crippen LogP contribution in [-0.4, -0.2) is 25.2 Å². The first-order valence-corrected chi connectivity index (χ1v) is 8.38. The van der Waals surface area contributed by atoms with Crippen LogP contribution >= 0.6 is 15.9 Å². The minimum absolute atomic E-state index is 0.145. The number of halogens is 1. The second-order valence-electron chi connectivity index (χ2n) is 6.26. The van der Waals surface area contributed by atoms with Gasteiger partial charge in [0.15, 0.2) is 0 Å². The van der Waals surface area contributed by atoms with Gasteiger partial charge in [-0.1, -0.05) is 48.0 Å². The van der Waals surface area contributed by atoms with E-state index in [1.54, 1.807) is 0 Å². The van der Waals surface area contributed by atoms with Gasteiger partial charge in [-0.15, -0.1) is 0 Å². The lowest BCUT2D eigenvalue weighted by Gasteiger charge is -2.38. The molecule has 1 atom stereocenters. The maximum Gasteiger partial charge on any atom is 0.322 e. The highest BCUT2D eigenvalue weighted by Crippen LogP contribution is 2.40. The summed E-state index contributed by atoms with van der Waals surface area (Å²) in [5, 5.41) is 3.46. The largest absolute Gasteiger partial charge is 0.468 e. The van der Waals surface area contributed by atoms with Crippen LogP contribution in [0, 0.1) is 5.92 Å². The molecule has 0 saturated heterocycles. The van der Waals surface area contributed by atoms with Crippen molar-refractivity contribution in [3.05, 3.63) is 34.3 Å². The summed E-state index contributed by atoms with van der Waals surface area (Å²) in [6.45, 7) is 4.25. The van der Waals surface area contributed by atoms with Crippen molar-refractivity contribution in [2.45, 2.75) is 51.1 Å². The Kier molecular flexibility index (Phi) is 5.82. The molecule has 0 amide bonds. The SMILES string of the molecule is COC(=O)C(CC(C)C)NC1CC(c2ccccc2Br)C1. The van der Waals surface area contributed by atoms with E-state index in [1.165, 1.54) is 17.1 Å². The number of carbonyl (C=O) groups is 1. The number of nitrogens with one attached hydrogen (secondary N) is 1. The third kappa shape index (κ3) is 4.30. The molecular weight excluding hydrogens is 330 g/mol. The third-order valence-corrected chi connectivity index (χ3v) is 4.83. The van der Waals surface area contributed by atoms with Crippen LogP contribution in [0.1, 0.15) is 44.6 Å². The van der Waals surface area contributed by atoms with Crippen LogP contribution in [0.15, 0.2) is 28.7 Å². The number of carbonyl (C=O) groups excluding carboxylic acids is 1. The number of rotatable bonds is 6. The summed E-state index contributed by atoms with van der Waals surface area (Å²) in [6.07, 6.45) is 2.98. The Morgan fingerprint density at radius 2 is 2.05 bits per heavy atom. The van der Waals surface area contributed by atoms with Gasteiger partial charge in [-0.2, -0.15) is 0 Å². The molecule has 1 aromatic rings. The molecule has 0 radical (unpaired) electrons. The Labute approximate surface area is 135 Å². The van der Waals surface area contributed by atoms with Gasteiger partial charge in [0.2, 0.25) is 0 Å². The lowest BCUT2D eigenvalue weighted by atomic mass is 9.75. The Morgan fingerprint density at radius 1 is 1.38 bits per heavy atom. The molecule has 116 valence electrons. The first-order valence-electron chi connectivity index (χ1n) is 7.59. The molecule has 1 saturated carbocycles. The molecule has 1 aliphatic rings. The summed E-state index contributed by atoms with van der Waals surface area (Å²) in [7, 11) is 1.46. The summed E-state index contributed by atoms with van der Waals surface area (Å²) < 4.78 is 6.09. The quantitative estimate of drug-likeness (QED) is 0.788. The molecule has 0 aliphatic heterocycles. The number of hydrogen-bond donors (Lipinski definition) is 1. The van der Waals surface area contributed by atoms with Crippen LogP contribution in [0.3, 0.4) is 0 Å². The first-order chi connectivity index (χ1) is 10.0. The van der Waals surface area contributed by atoms with Crippen LogP contribution in [0.5, 0.6) is 0 Å². The van der Waals surface area contributed by atoms with E-state index >= 15 is 0 Å². The normalized spacial score (nSPS) is 22.7. The minimum atomic E-state index is -0.180. The number of esters is 1. The lowest BCUT2D eigenvalue weighted by molar-refractivity contribution is -0.144. The molecule has 4 heteroatoms. The smallest absolute Gasteiger partial charge is 0.322 e. The number of hydrogen-bond acceptors (Lipinski definition) is 3. The third-order valence-electron chi connectivity index (χ3n) is 4.11. The van der Waals surface area contributed by atoms with Gasteiger partial charge in [-0.25, -0.2) is 0 Å². The average Bonchev–Trinajstić information content (AvgIpc) is 2.41. The van der Waals surface area contributed by atoms with E-state index in [4.69, 9.17) is 4.74 Å². The molecule has 1 unspecified atom stereocenters. The topological polar surface area (TPSA) is 38.3 Å². The van der Waals surface area contributed by atoms with Gasteiger partial charge in [-0.05, 0) is 42.7 Å². The Bertz CT molecular complexity index is 483. The Morgan fingerprint density at radius 3 is 2.62 bits per heavy atom. The first kappa shape index (κ1) is 16.5. The molecule has 1 aromatic carbocycles. The van der Waals surface area contributed by atoms with Crippen molar-refractivity contribution in [2.24, 2.45) is 5.92 Å². The second-order valence-corrected chi connectivity index (χ2v) is 7.11. The van der Waals surface area contributed by atoms with Crippen LogP contribution in [0.2, 0.25) is 0 Å². The van der Waals surface area contributed by atoms with Crippen LogP contribution < -0.4 is 5.32 Å². The monoisotopic (exact) mass is 353 g/mol. The van der Waals surface area contributed by atoms with Crippen molar-refractivity contribution in [1.82, 2.24) is 5.32 Å². The molecular formula is C17H24BrNO2. The van der Waals surface area contributed by atoms with Gasteiger partial charge in [0.05, 0.1) is 7.11 Å². The van der Waals surface area contributed by atoms with E-state index < -0.39 is 0 Å². The average molecular weight is 354 g/mol. The molecule has 21 heavy (non-hydrogen) atoms. The predicted octanol–water partition coefficient (Wildman–Crippen LogP) is 3.87. The fraction of sp³-hybridized carbons (Fsp3) is 0.588. The molecule has 2 rings (SSSR count). The molecule has 1 N–H and O–H groups in total. The lowest BCUT2D eigenvalue weighted by Crippen LogP contribution is -2.49. The zero-order valence-corrected chi connectivity index (χ0v) is 14.5. The summed E-state index contributed by atoms with van der Waals surface area (Å²) in [5.74, 6) is 0.907. The van der Waals surface area contributed by atoms with Crippen molar-refractivity contribution in [3.8, 4) is 0 Å². The Balaban J connectivity index is 1.88. The van der Waals surface area contributed by atoms with E-state index in [9.17, 15) is 4.79 Å². The molecule has 0 spiro atoms. The summed E-state index contributed by atoms with van der Waals surface area (Å²) in [6, 6.07) is 8.61. The summed E-state index contributed by atoms with van der Waals surface area (Å²) in [4.78, 5) is 11.8. The zero-order valence-electron chi connectivity index (χ0n) is 12.9. The predicted molar refractivity (Wildman–Crippen MR) is 88.3 cm³/mol. The van der Waals surface area contributed by atoms with Crippen molar-refractivity contribution in [1.29, 1.82) is 0 Å². The van der Waals surface area contributed by atoms with Crippen molar-refractivity contribution in [3.63, 3.8) is 0 Å². The van der Waals surface area contributed by atoms with Crippen molar-refractivity contribution in [2.75, 3.05) is 7.11 Å². The fourth-order valence-corrected chi connectivity index (χ4v) is 3.55. The van der Waals surface area contributed by atoms with Gasteiger partial charge in [0, 0.05) is 10.5 Å². The standard InChI is InChI=1S/C17H24BrNO2/c1-11(2)8-16(17(20)21-3)19-13-9-12(10-13)14-6-4-5-7-15(14)18/h4-7,11-13,16,19H,8-10H2,1-3H3. The molecule has 1 aliphatic carbocycles. The maximum atomic E-state index is 11.8. The highest BCUT2D eigenvalue weighted by Gasteiger charge is 2.34. The van der Waals surface area contributed by atoms with Crippen LogP contribution in [0.25, 0.3) is 0 Å². The molecule has 3 nitrogen and oxygen atoms in total. The molecule has 0 bridgehead atoms. The fourth-order valence-electron chi connectivity index (χ4n) is 2.94. The summed E-state index contributed by atoms with van der Waals surface area (Å²) in [5.41, 5.74) is 1.37. The van der Waals surface area contributed by atoms with Gasteiger partial charge in [0.25, 0.3) is 0 Å². The second kappa shape index (κ2) is 7.41. The number of benzene rings is 1. The van der Waals surface area contributed by atoms with E-state index in [1.807, 2.05) is 6.07 Å². The Hall–Kier alpha value is -0.870. The van der Waals surface area contributed by atoms with Gasteiger partial charge >= 0.3 is 5.97 Å². The molecule has 0 heterocycles. The van der Waals surface area contributed by atoms with Crippen molar-refractivity contribution >= 4 is 21.9 Å². The highest BCUT2D eigenvalue weighted by atomic mass is 79.9. The minimum Gasteiger partial charge on any atom is -0.468 e. The highest BCUT2D eigenvalue weighted by molar-refractivity contribution is 9.10. The maximum absolute atomic E-state index is 11.8. The number of ether oxygens (including phenoxy) is 1. The van der Waals surface area contributed by atoms with Crippen molar-refractivity contribution < 1.29 is 9.53 Å². The van der Waals surface area contributed by atoms with E-state index in [0.717, 1.165) is 19.3 Å². The van der Waals surface area contributed by atoms with Gasteiger partial charge < -0.3 is 10.1 Å². The molecule has 0 aromatic heterocycles. The van der Waals surface area contributed by atoms with E-state index in [2.05, 4.69) is 53.3 Å². The van der Waals surface area contributed by atoms with E-state index in [0.29, 0.717) is 17.9 Å². The van der Waals surface area contributed by atoms with Gasteiger partial charge in [0.1, 0.15) is 6.04 Å². The zero-order chi connectivity index (χ0) is 15.4.